The summed E-state index contributed by atoms with van der Waals surface area (Å²) in [7, 11) is 2.42. The topological polar surface area (TPSA) is 182 Å². The molecule has 3 atom stereocenters. The highest BCUT2D eigenvalue weighted by atomic mass is 16.7. The molecule has 2 rings (SSSR count). The Balaban J connectivity index is 2.54. The van der Waals surface area contributed by atoms with Gasteiger partial charge in [-0.25, -0.2) is 19.4 Å². The smallest absolute Gasteiger partial charge is 0.407 e. The van der Waals surface area contributed by atoms with Crippen LogP contribution in [-0.2, 0) is 35.1 Å². The highest BCUT2D eigenvalue weighted by Gasteiger charge is 2.37. The fourth-order valence-electron chi connectivity index (χ4n) is 5.59. The Morgan fingerprint density at radius 1 is 0.872 bits per heavy atom. The quantitative estimate of drug-likeness (QED) is 0.192. The molecule has 1 saturated carbocycles. The van der Waals surface area contributed by atoms with Crippen LogP contribution < -0.4 is 21.8 Å². The van der Waals surface area contributed by atoms with Crippen LogP contribution in [0.3, 0.4) is 0 Å². The highest BCUT2D eigenvalue weighted by Crippen LogP contribution is 2.25. The summed E-state index contributed by atoms with van der Waals surface area (Å²) in [5.74, 6) is -2.35. The third-order valence-electron chi connectivity index (χ3n) is 8.23. The van der Waals surface area contributed by atoms with E-state index in [1.165, 1.54) is 14.2 Å². The van der Waals surface area contributed by atoms with Crippen LogP contribution >= 0.6 is 0 Å². The lowest BCUT2D eigenvalue weighted by molar-refractivity contribution is -0.211. The zero-order valence-electron chi connectivity index (χ0n) is 28.7. The number of hydrogen-bond donors (Lipinski definition) is 4. The molecule has 0 aromatic heterocycles. The van der Waals surface area contributed by atoms with Gasteiger partial charge in [0.25, 0.3) is 11.8 Å². The van der Waals surface area contributed by atoms with E-state index in [-0.39, 0.29) is 18.4 Å². The van der Waals surface area contributed by atoms with E-state index in [4.69, 9.17) is 20.0 Å². The van der Waals surface area contributed by atoms with Gasteiger partial charge in [0.05, 0.1) is 26.8 Å². The molecule has 1 aliphatic rings. The molecule has 47 heavy (non-hydrogen) atoms. The third kappa shape index (κ3) is 13.4. The maximum absolute atomic E-state index is 14.2. The van der Waals surface area contributed by atoms with Crippen LogP contribution in [0.1, 0.15) is 71.8 Å². The summed E-state index contributed by atoms with van der Waals surface area (Å²) >= 11 is 0. The summed E-state index contributed by atoms with van der Waals surface area (Å²) in [5, 5.41) is 7.90. The maximum Gasteiger partial charge on any atom is 0.407 e. The number of methoxy groups -OCH3 is 2. The number of nitrogens with two attached hydrogens (primary N) is 1. The van der Waals surface area contributed by atoms with E-state index in [1.54, 1.807) is 32.7 Å². The number of aryl methyl sites for hydroxylation is 1. The molecule has 1 fully saturated rings. The Morgan fingerprint density at radius 3 is 1.98 bits per heavy atom. The molecular formula is C33H54N6O8. The second-order valence-electron chi connectivity index (χ2n) is 12.6. The molecule has 264 valence electrons. The monoisotopic (exact) mass is 662 g/mol. The van der Waals surface area contributed by atoms with Gasteiger partial charge in [-0.3, -0.25) is 15.0 Å². The van der Waals surface area contributed by atoms with E-state index in [0.29, 0.717) is 19.4 Å². The van der Waals surface area contributed by atoms with Crippen molar-refractivity contribution in [3.63, 3.8) is 0 Å². The molecule has 0 aliphatic heterocycles. The number of hydrogen-bond acceptors (Lipinski definition) is 10. The Morgan fingerprint density at radius 2 is 1.45 bits per heavy atom. The summed E-state index contributed by atoms with van der Waals surface area (Å²) in [5.41, 5.74) is 9.60. The number of rotatable bonds is 16. The summed E-state index contributed by atoms with van der Waals surface area (Å²) in [6, 6.07) is 6.86. The minimum atomic E-state index is -1.09. The largest absolute Gasteiger partial charge is 0.453 e. The summed E-state index contributed by atoms with van der Waals surface area (Å²) in [6.07, 6.45) is 4.51. The second kappa shape index (κ2) is 20.4. The zero-order valence-corrected chi connectivity index (χ0v) is 28.7. The lowest BCUT2D eigenvalue weighted by Crippen LogP contribution is -2.60. The van der Waals surface area contributed by atoms with E-state index in [9.17, 15) is 24.0 Å². The molecule has 14 nitrogen and oxygen atoms in total. The molecule has 0 bridgehead atoms. The van der Waals surface area contributed by atoms with Gasteiger partial charge in [-0.1, -0.05) is 77.3 Å². The van der Waals surface area contributed by atoms with Gasteiger partial charge in [-0.2, -0.15) is 5.06 Å². The van der Waals surface area contributed by atoms with Crippen LogP contribution in [-0.4, -0.2) is 92.0 Å². The van der Waals surface area contributed by atoms with Crippen molar-refractivity contribution in [3.05, 3.63) is 35.9 Å². The molecular weight excluding hydrogens is 608 g/mol. The van der Waals surface area contributed by atoms with E-state index in [2.05, 4.69) is 16.1 Å². The maximum atomic E-state index is 14.2. The van der Waals surface area contributed by atoms with E-state index < -0.39 is 60.6 Å². The number of hydroxylamine groups is 2. The highest BCUT2D eigenvalue weighted by molar-refractivity contribution is 5.87. The van der Waals surface area contributed by atoms with Crippen molar-refractivity contribution in [2.75, 3.05) is 33.9 Å². The van der Waals surface area contributed by atoms with Crippen molar-refractivity contribution < 1.29 is 38.3 Å². The van der Waals surface area contributed by atoms with Crippen molar-refractivity contribution in [1.82, 2.24) is 26.1 Å². The van der Waals surface area contributed by atoms with Crippen LogP contribution in [0.5, 0.6) is 0 Å². The predicted molar refractivity (Wildman–Crippen MR) is 175 cm³/mol. The first-order valence-electron chi connectivity index (χ1n) is 16.4. The number of alkyl carbamates (subject to hydrolysis) is 2. The average Bonchev–Trinajstić information content (AvgIpc) is 3.06. The molecule has 0 radical (unpaired) electrons. The van der Waals surface area contributed by atoms with Crippen LogP contribution in [0.2, 0.25) is 0 Å². The zero-order chi connectivity index (χ0) is 34.9. The van der Waals surface area contributed by atoms with Crippen molar-refractivity contribution in [2.45, 2.75) is 90.8 Å². The van der Waals surface area contributed by atoms with Gasteiger partial charge in [-0.05, 0) is 49.0 Å². The van der Waals surface area contributed by atoms with Gasteiger partial charge < -0.3 is 30.7 Å². The fourth-order valence-corrected chi connectivity index (χ4v) is 5.59. The number of hydrazine groups is 1. The first kappa shape index (κ1) is 39.3. The van der Waals surface area contributed by atoms with Crippen molar-refractivity contribution >= 4 is 30.0 Å². The van der Waals surface area contributed by atoms with Gasteiger partial charge in [0.1, 0.15) is 12.1 Å². The fraction of sp³-hybridized carbons (Fsp3) is 0.667. The number of benzene rings is 1. The molecule has 0 saturated heterocycles. The lowest BCUT2D eigenvalue weighted by Gasteiger charge is -2.38. The Hall–Kier alpha value is -3.91. The SMILES string of the molecule is COC(=O)N[C@H](C(=O)NN(CC1CCCCC1)C[C@H](CCc1ccccc1)N(OC(=O)CN)C(=O)[C@@H](NC(=O)OC)C(C)C)C(C)C. The Kier molecular flexibility index (Phi) is 17.0. The van der Waals surface area contributed by atoms with Gasteiger partial charge in [-0.15, -0.1) is 0 Å². The van der Waals surface area contributed by atoms with E-state index >= 15 is 0 Å². The number of nitrogens with one attached hydrogen (secondary N) is 3. The standard InChI is InChI=1S/C33H54N6O8/c1-22(2)28(35-32(43)45-5)30(41)37-38(20-25-15-11-8-12-16-25)21-26(18-17-24-13-9-7-10-14-24)39(47-27(40)19-34)31(42)29(23(3)4)36-33(44)46-6/h7,9-10,13-14,22-23,25-26,28-29H,8,11-12,15-21,34H2,1-6H3,(H,35,43)(H,36,44)(H,37,41)/t26-,28-,29-/m0/s1. The summed E-state index contributed by atoms with van der Waals surface area (Å²) in [4.78, 5) is 70.4. The first-order chi connectivity index (χ1) is 22.4. The molecule has 14 heteroatoms. The number of amides is 4. The summed E-state index contributed by atoms with van der Waals surface area (Å²) < 4.78 is 9.50. The van der Waals surface area contributed by atoms with Gasteiger partial charge in [0, 0.05) is 13.1 Å². The molecule has 1 aromatic rings. The lowest BCUT2D eigenvalue weighted by atomic mass is 9.89. The van der Waals surface area contributed by atoms with Gasteiger partial charge in [0.15, 0.2) is 0 Å². The minimum Gasteiger partial charge on any atom is -0.453 e. The normalized spacial score (nSPS) is 15.4. The van der Waals surface area contributed by atoms with Crippen LogP contribution in [0.25, 0.3) is 0 Å². The Labute approximate surface area is 278 Å². The molecule has 4 amide bonds. The van der Waals surface area contributed by atoms with Crippen molar-refractivity contribution in [3.8, 4) is 0 Å². The average molecular weight is 663 g/mol. The van der Waals surface area contributed by atoms with E-state index in [0.717, 1.165) is 42.7 Å². The first-order valence-corrected chi connectivity index (χ1v) is 16.4. The summed E-state index contributed by atoms with van der Waals surface area (Å²) in [6.45, 7) is 7.17. The molecule has 1 aromatic carbocycles. The molecule has 0 spiro atoms. The number of nitrogens with zero attached hydrogens (tertiary/aromatic N) is 2. The molecule has 1 aliphatic carbocycles. The van der Waals surface area contributed by atoms with Crippen molar-refractivity contribution in [2.24, 2.45) is 23.5 Å². The minimum absolute atomic E-state index is 0.0742. The van der Waals surface area contributed by atoms with Gasteiger partial charge in [0.2, 0.25) is 0 Å². The van der Waals surface area contributed by atoms with E-state index in [1.807, 2.05) is 30.3 Å². The van der Waals surface area contributed by atoms with Crippen LogP contribution in [0.4, 0.5) is 9.59 Å². The molecule has 0 heterocycles. The number of carbonyl (C=O) groups is 5. The second-order valence-corrected chi connectivity index (χ2v) is 12.6. The van der Waals surface area contributed by atoms with Crippen LogP contribution in [0.15, 0.2) is 30.3 Å². The number of ether oxygens (including phenoxy) is 2. The predicted octanol–water partition coefficient (Wildman–Crippen LogP) is 2.91. The Bertz CT molecular complexity index is 1150. The van der Waals surface area contributed by atoms with Gasteiger partial charge >= 0.3 is 18.2 Å². The van der Waals surface area contributed by atoms with Crippen LogP contribution in [0, 0.1) is 17.8 Å². The molecule has 0 unspecified atom stereocenters. The number of carbonyl (C=O) groups excluding carboxylic acids is 5. The molecule has 5 N–H and O–H groups in total. The van der Waals surface area contributed by atoms with Crippen molar-refractivity contribution in [1.29, 1.82) is 0 Å². The third-order valence-corrected chi connectivity index (χ3v) is 8.23.